The molecule has 0 aliphatic carbocycles. The van der Waals surface area contributed by atoms with Gasteiger partial charge >= 0.3 is 0 Å². The molecule has 0 unspecified atom stereocenters. The molecule has 0 aliphatic heterocycles. The number of hydrogen-bond acceptors (Lipinski definition) is 5. The monoisotopic (exact) mass is 265 g/mol. The van der Waals surface area contributed by atoms with Crippen LogP contribution in [-0.4, -0.2) is 0 Å². The van der Waals surface area contributed by atoms with E-state index in [9.17, 15) is 0 Å². The molecule has 98 valence electrons. The van der Waals surface area contributed by atoms with Gasteiger partial charge in [-0.3, -0.25) is 0 Å². The first kappa shape index (κ1) is 13.4. The minimum Gasteiger partial charge on any atom is -0.388 e. The van der Waals surface area contributed by atoms with Crippen molar-refractivity contribution in [3.63, 3.8) is 0 Å². The summed E-state index contributed by atoms with van der Waals surface area (Å²) >= 11 is 0. The molecule has 20 heavy (non-hydrogen) atoms. The van der Waals surface area contributed by atoms with Gasteiger partial charge in [-0.05, 0) is 35.4 Å². The first-order valence-corrected chi connectivity index (χ1v) is 5.82. The van der Waals surface area contributed by atoms with Crippen molar-refractivity contribution in [1.29, 1.82) is 10.5 Å². The Morgan fingerprint density at radius 3 is 1.40 bits per heavy atom. The van der Waals surface area contributed by atoms with Gasteiger partial charge in [0.15, 0.2) is 0 Å². The Balaban J connectivity index is 2.16. The normalized spacial score (nSPS) is 9.60. The zero-order valence-electron chi connectivity index (χ0n) is 10.5. The van der Waals surface area contributed by atoms with Gasteiger partial charge in [-0.25, -0.2) is 0 Å². The van der Waals surface area contributed by atoms with Crippen molar-refractivity contribution in [2.45, 2.75) is 6.04 Å². The van der Waals surface area contributed by atoms with E-state index in [1.165, 1.54) is 0 Å². The molecule has 0 bridgehead atoms. The lowest BCUT2D eigenvalue weighted by Gasteiger charge is -2.13. The lowest BCUT2D eigenvalue weighted by molar-refractivity contribution is 0.506. The molecule has 0 amide bonds. The molecule has 0 aromatic heterocycles. The summed E-state index contributed by atoms with van der Waals surface area (Å²) in [6.45, 7) is 0. The van der Waals surface area contributed by atoms with Gasteiger partial charge in [0.1, 0.15) is 11.5 Å². The third-order valence-corrected chi connectivity index (χ3v) is 2.81. The van der Waals surface area contributed by atoms with Crippen LogP contribution in [0.25, 0.3) is 0 Å². The maximum atomic E-state index is 8.41. The van der Waals surface area contributed by atoms with Gasteiger partial charge in [0.05, 0.1) is 6.04 Å². The van der Waals surface area contributed by atoms with Crippen molar-refractivity contribution in [1.82, 2.24) is 0 Å². The molecule has 5 heteroatoms. The number of nitriles is 2. The van der Waals surface area contributed by atoms with Crippen LogP contribution in [0.3, 0.4) is 0 Å². The van der Waals surface area contributed by atoms with E-state index < -0.39 is 0 Å². The summed E-state index contributed by atoms with van der Waals surface area (Å²) in [5.41, 5.74) is 7.94. The van der Waals surface area contributed by atoms with Crippen LogP contribution in [0.4, 0.5) is 0 Å². The molecule has 0 fully saturated rings. The second-order valence-corrected chi connectivity index (χ2v) is 4.00. The molecule has 0 saturated heterocycles. The maximum Gasteiger partial charge on any atom is 0.292 e. The molecule has 0 heterocycles. The van der Waals surface area contributed by atoms with Crippen LogP contribution in [0.1, 0.15) is 17.2 Å². The predicted molar refractivity (Wildman–Crippen MR) is 71.4 cm³/mol. The van der Waals surface area contributed by atoms with E-state index in [4.69, 9.17) is 25.7 Å². The van der Waals surface area contributed by atoms with E-state index >= 15 is 0 Å². The van der Waals surface area contributed by atoms with Crippen LogP contribution < -0.4 is 15.2 Å². The third kappa shape index (κ3) is 3.05. The molecule has 0 spiro atoms. The molecule has 2 N–H and O–H groups in total. The molecule has 2 aromatic carbocycles. The quantitative estimate of drug-likeness (QED) is 0.857. The highest BCUT2D eigenvalue weighted by atomic mass is 16.5. The summed E-state index contributed by atoms with van der Waals surface area (Å²) in [6.07, 6.45) is 3.22. The topological polar surface area (TPSA) is 92.1 Å². The Kier molecular flexibility index (Phi) is 4.18. The van der Waals surface area contributed by atoms with Gasteiger partial charge in [0.2, 0.25) is 0 Å². The summed E-state index contributed by atoms with van der Waals surface area (Å²) in [6, 6.07) is 13.7. The van der Waals surface area contributed by atoms with Crippen LogP contribution in [0.2, 0.25) is 0 Å². The standard InChI is InChI=1S/C15H11N3O2/c16-9-19-13-5-1-11(2-6-13)15(18)12-3-7-14(8-4-12)20-10-17/h1-8,15H,18H2. The molecular weight excluding hydrogens is 254 g/mol. The summed E-state index contributed by atoms with van der Waals surface area (Å²) in [5, 5.41) is 16.8. The molecule has 5 nitrogen and oxygen atoms in total. The molecule has 0 aliphatic rings. The fraction of sp³-hybridized carbons (Fsp3) is 0.0667. The summed E-state index contributed by atoms with van der Waals surface area (Å²) in [5.74, 6) is 0.947. The number of nitrogens with two attached hydrogens (primary N) is 1. The van der Waals surface area contributed by atoms with Gasteiger partial charge in [0, 0.05) is 0 Å². The van der Waals surface area contributed by atoms with Gasteiger partial charge in [-0.1, -0.05) is 24.3 Å². The fourth-order valence-electron chi connectivity index (χ4n) is 1.78. The summed E-state index contributed by atoms with van der Waals surface area (Å²) in [7, 11) is 0. The van der Waals surface area contributed by atoms with Crippen LogP contribution in [-0.2, 0) is 0 Å². The zero-order valence-corrected chi connectivity index (χ0v) is 10.5. The first-order valence-electron chi connectivity index (χ1n) is 5.82. The zero-order chi connectivity index (χ0) is 14.4. The van der Waals surface area contributed by atoms with Gasteiger partial charge in [0.25, 0.3) is 12.5 Å². The van der Waals surface area contributed by atoms with Gasteiger partial charge in [-0.15, -0.1) is 10.5 Å². The van der Waals surface area contributed by atoms with Crippen molar-refractivity contribution in [3.05, 3.63) is 59.7 Å². The predicted octanol–water partition coefficient (Wildman–Crippen LogP) is 2.45. The lowest BCUT2D eigenvalue weighted by atomic mass is 9.99. The van der Waals surface area contributed by atoms with Gasteiger partial charge in [-0.2, -0.15) is 0 Å². The van der Waals surface area contributed by atoms with E-state index in [-0.39, 0.29) is 6.04 Å². The molecule has 2 aromatic rings. The second-order valence-electron chi connectivity index (χ2n) is 4.00. The van der Waals surface area contributed by atoms with E-state index in [0.717, 1.165) is 11.1 Å². The summed E-state index contributed by atoms with van der Waals surface area (Å²) < 4.78 is 9.41. The van der Waals surface area contributed by atoms with Gasteiger partial charge < -0.3 is 15.2 Å². The molecule has 0 radical (unpaired) electrons. The third-order valence-electron chi connectivity index (χ3n) is 2.81. The van der Waals surface area contributed by atoms with Crippen molar-refractivity contribution in [2.75, 3.05) is 0 Å². The minimum absolute atomic E-state index is 0.303. The second kappa shape index (κ2) is 6.24. The van der Waals surface area contributed by atoms with E-state index in [0.29, 0.717) is 11.5 Å². The van der Waals surface area contributed by atoms with Crippen LogP contribution in [0.5, 0.6) is 11.5 Å². The van der Waals surface area contributed by atoms with Crippen molar-refractivity contribution in [3.8, 4) is 24.0 Å². The van der Waals surface area contributed by atoms with Crippen molar-refractivity contribution in [2.24, 2.45) is 5.73 Å². The van der Waals surface area contributed by atoms with Crippen molar-refractivity contribution >= 4 is 0 Å². The summed E-state index contributed by atoms with van der Waals surface area (Å²) in [4.78, 5) is 0. The average Bonchev–Trinajstić information content (AvgIpc) is 2.49. The highest BCUT2D eigenvalue weighted by Crippen LogP contribution is 2.23. The van der Waals surface area contributed by atoms with Crippen LogP contribution >= 0.6 is 0 Å². The molecular formula is C15H11N3O2. The highest BCUT2D eigenvalue weighted by Gasteiger charge is 2.09. The van der Waals surface area contributed by atoms with E-state index in [1.54, 1.807) is 61.0 Å². The maximum absolute atomic E-state index is 8.41. The Bertz CT molecular complexity index is 592. The van der Waals surface area contributed by atoms with Crippen LogP contribution in [0.15, 0.2) is 48.5 Å². The minimum atomic E-state index is -0.303. The fourth-order valence-corrected chi connectivity index (χ4v) is 1.78. The Hall–Kier alpha value is -3.02. The SMILES string of the molecule is N#COc1ccc(C(N)c2ccc(OC#N)cc2)cc1. The molecule has 0 saturated carbocycles. The van der Waals surface area contributed by atoms with Crippen LogP contribution in [0, 0.1) is 23.0 Å². The Labute approximate surface area is 116 Å². The molecule has 2 rings (SSSR count). The van der Waals surface area contributed by atoms with E-state index in [1.807, 2.05) is 0 Å². The number of benzene rings is 2. The number of ether oxygens (including phenoxy) is 2. The smallest absolute Gasteiger partial charge is 0.292 e. The Morgan fingerprint density at radius 2 is 1.10 bits per heavy atom. The molecule has 0 atom stereocenters. The lowest BCUT2D eigenvalue weighted by Crippen LogP contribution is -2.11. The number of rotatable bonds is 4. The number of nitrogens with zero attached hydrogens (tertiary/aromatic N) is 2. The Morgan fingerprint density at radius 1 is 0.750 bits per heavy atom. The average molecular weight is 265 g/mol. The van der Waals surface area contributed by atoms with E-state index in [2.05, 4.69) is 0 Å². The number of hydrogen-bond donors (Lipinski definition) is 1. The first-order chi connectivity index (χ1) is 9.74. The highest BCUT2D eigenvalue weighted by molar-refractivity contribution is 5.37. The van der Waals surface area contributed by atoms with Crippen molar-refractivity contribution < 1.29 is 9.47 Å². The largest absolute Gasteiger partial charge is 0.388 e.